The number of likely N-dealkylation sites (N-methyl/N-ethyl adjacent to an activating group) is 1. The van der Waals surface area contributed by atoms with Gasteiger partial charge >= 0.3 is 0 Å². The fourth-order valence-corrected chi connectivity index (χ4v) is 2.32. The van der Waals surface area contributed by atoms with Crippen LogP contribution < -0.4 is 5.32 Å². The summed E-state index contributed by atoms with van der Waals surface area (Å²) in [6.07, 6.45) is 2.30. The molecule has 1 aliphatic heterocycles. The molecule has 1 aromatic heterocycles. The van der Waals surface area contributed by atoms with Crippen LogP contribution in [-0.2, 0) is 11.3 Å². The van der Waals surface area contributed by atoms with Crippen molar-refractivity contribution < 1.29 is 4.79 Å². The minimum Gasteiger partial charge on any atom is -0.340 e. The van der Waals surface area contributed by atoms with E-state index in [-0.39, 0.29) is 11.9 Å². The van der Waals surface area contributed by atoms with Crippen LogP contribution in [0.4, 0.5) is 0 Å². The highest BCUT2D eigenvalue weighted by Crippen LogP contribution is 2.05. The summed E-state index contributed by atoms with van der Waals surface area (Å²) in [6, 6.07) is 6.03. The fraction of sp³-hybridized carbons (Fsp3) is 0.571. The van der Waals surface area contributed by atoms with Crippen molar-refractivity contribution in [2.24, 2.45) is 0 Å². The summed E-state index contributed by atoms with van der Waals surface area (Å²) in [5.41, 5.74) is 0.923. The van der Waals surface area contributed by atoms with Crippen molar-refractivity contribution in [1.29, 1.82) is 0 Å². The van der Waals surface area contributed by atoms with Gasteiger partial charge in [0.2, 0.25) is 5.91 Å². The zero-order valence-corrected chi connectivity index (χ0v) is 11.7. The van der Waals surface area contributed by atoms with Crippen LogP contribution in [0.25, 0.3) is 0 Å². The van der Waals surface area contributed by atoms with Crippen molar-refractivity contribution >= 4 is 5.91 Å². The Hall–Kier alpha value is -1.46. The molecule has 1 saturated heterocycles. The molecule has 0 aliphatic carbocycles. The Morgan fingerprint density at radius 1 is 1.58 bits per heavy atom. The van der Waals surface area contributed by atoms with E-state index in [9.17, 15) is 4.79 Å². The van der Waals surface area contributed by atoms with E-state index in [0.717, 1.165) is 25.3 Å². The molecular formula is C14H22N4O. The van der Waals surface area contributed by atoms with E-state index in [1.54, 1.807) is 11.1 Å². The molecule has 0 spiro atoms. The minimum atomic E-state index is 0.165. The standard InChI is InChI=1S/C14H22N4O/c1-17-8-7-16-13(10-17)9-14(19)18(2)11-12-5-3-4-6-15-12/h3-6,13,16H,7-11H2,1-2H3. The van der Waals surface area contributed by atoms with E-state index in [4.69, 9.17) is 0 Å². The second-order valence-electron chi connectivity index (χ2n) is 5.19. The first-order valence-corrected chi connectivity index (χ1v) is 6.71. The van der Waals surface area contributed by atoms with Gasteiger partial charge in [0.25, 0.3) is 0 Å². The van der Waals surface area contributed by atoms with Crippen LogP contribution in [0.1, 0.15) is 12.1 Å². The molecule has 104 valence electrons. The van der Waals surface area contributed by atoms with Crippen molar-refractivity contribution in [1.82, 2.24) is 20.1 Å². The lowest BCUT2D eigenvalue weighted by molar-refractivity contribution is -0.131. The summed E-state index contributed by atoms with van der Waals surface area (Å²) >= 11 is 0. The van der Waals surface area contributed by atoms with Crippen molar-refractivity contribution in [3.63, 3.8) is 0 Å². The van der Waals surface area contributed by atoms with E-state index in [1.165, 1.54) is 0 Å². The molecule has 5 heteroatoms. The molecule has 1 fully saturated rings. The number of amides is 1. The van der Waals surface area contributed by atoms with E-state index >= 15 is 0 Å². The number of carbonyl (C=O) groups is 1. The second-order valence-corrected chi connectivity index (χ2v) is 5.19. The summed E-state index contributed by atoms with van der Waals surface area (Å²) in [4.78, 5) is 20.4. The van der Waals surface area contributed by atoms with Gasteiger partial charge < -0.3 is 15.1 Å². The molecule has 19 heavy (non-hydrogen) atoms. The van der Waals surface area contributed by atoms with E-state index in [0.29, 0.717) is 13.0 Å². The van der Waals surface area contributed by atoms with Gasteiger partial charge in [-0.3, -0.25) is 9.78 Å². The monoisotopic (exact) mass is 262 g/mol. The molecule has 1 atom stereocenters. The maximum Gasteiger partial charge on any atom is 0.224 e. The molecule has 1 aliphatic rings. The van der Waals surface area contributed by atoms with Crippen LogP contribution in [0.5, 0.6) is 0 Å². The van der Waals surface area contributed by atoms with E-state index < -0.39 is 0 Å². The molecule has 1 amide bonds. The lowest BCUT2D eigenvalue weighted by Crippen LogP contribution is -2.50. The van der Waals surface area contributed by atoms with Crippen LogP contribution in [0.3, 0.4) is 0 Å². The third kappa shape index (κ3) is 4.29. The molecule has 1 N–H and O–H groups in total. The van der Waals surface area contributed by atoms with Crippen LogP contribution in [0.15, 0.2) is 24.4 Å². The number of nitrogens with one attached hydrogen (secondary N) is 1. The first-order chi connectivity index (χ1) is 9.15. The van der Waals surface area contributed by atoms with Gasteiger partial charge in [0.05, 0.1) is 12.2 Å². The van der Waals surface area contributed by atoms with Crippen LogP contribution in [0.2, 0.25) is 0 Å². The molecule has 0 radical (unpaired) electrons. The van der Waals surface area contributed by atoms with Crippen LogP contribution >= 0.6 is 0 Å². The average molecular weight is 262 g/mol. The zero-order chi connectivity index (χ0) is 13.7. The predicted molar refractivity (Wildman–Crippen MR) is 74.6 cm³/mol. The smallest absolute Gasteiger partial charge is 0.224 e. The largest absolute Gasteiger partial charge is 0.340 e. The third-order valence-corrected chi connectivity index (χ3v) is 3.43. The lowest BCUT2D eigenvalue weighted by atomic mass is 10.1. The van der Waals surface area contributed by atoms with Gasteiger partial charge in [-0.2, -0.15) is 0 Å². The normalized spacial score (nSPS) is 20.2. The summed E-state index contributed by atoms with van der Waals surface area (Å²) in [6.45, 7) is 3.51. The molecule has 5 nitrogen and oxygen atoms in total. The first-order valence-electron chi connectivity index (χ1n) is 6.71. The highest BCUT2D eigenvalue weighted by molar-refractivity contribution is 5.76. The maximum absolute atomic E-state index is 12.2. The van der Waals surface area contributed by atoms with Gasteiger partial charge in [-0.15, -0.1) is 0 Å². The first kappa shape index (κ1) is 14.0. The van der Waals surface area contributed by atoms with Crippen molar-refractivity contribution in [3.8, 4) is 0 Å². The summed E-state index contributed by atoms with van der Waals surface area (Å²) in [7, 11) is 3.93. The SMILES string of the molecule is CN1CCNC(CC(=O)N(C)Cc2ccccn2)C1. The quantitative estimate of drug-likeness (QED) is 0.850. The summed E-state index contributed by atoms with van der Waals surface area (Å²) in [5, 5.41) is 3.39. The minimum absolute atomic E-state index is 0.165. The fourth-order valence-electron chi connectivity index (χ4n) is 2.32. The van der Waals surface area contributed by atoms with Crippen molar-refractivity contribution in [2.45, 2.75) is 19.0 Å². The Kier molecular flexibility index (Phi) is 4.87. The topological polar surface area (TPSA) is 48.5 Å². The molecule has 1 aromatic rings. The van der Waals surface area contributed by atoms with Gasteiger partial charge in [-0.25, -0.2) is 0 Å². The molecule has 1 unspecified atom stereocenters. The Balaban J connectivity index is 1.82. The Bertz CT molecular complexity index is 409. The third-order valence-electron chi connectivity index (χ3n) is 3.43. The van der Waals surface area contributed by atoms with Crippen LogP contribution in [0, 0.1) is 0 Å². The number of carbonyl (C=O) groups excluding carboxylic acids is 1. The second kappa shape index (κ2) is 6.63. The van der Waals surface area contributed by atoms with Crippen molar-refractivity contribution in [2.75, 3.05) is 33.7 Å². The molecule has 2 rings (SSSR count). The van der Waals surface area contributed by atoms with Crippen LogP contribution in [-0.4, -0.2) is 60.5 Å². The summed E-state index contributed by atoms with van der Waals surface area (Å²) < 4.78 is 0. The van der Waals surface area contributed by atoms with Gasteiger partial charge in [-0.1, -0.05) is 6.07 Å². The lowest BCUT2D eigenvalue weighted by Gasteiger charge is -2.31. The number of aromatic nitrogens is 1. The maximum atomic E-state index is 12.2. The number of hydrogen-bond acceptors (Lipinski definition) is 4. The van der Waals surface area contributed by atoms with Gasteiger partial charge in [0.15, 0.2) is 0 Å². The highest BCUT2D eigenvalue weighted by atomic mass is 16.2. The molecule has 0 saturated carbocycles. The van der Waals surface area contributed by atoms with Crippen molar-refractivity contribution in [3.05, 3.63) is 30.1 Å². The predicted octanol–water partition coefficient (Wildman–Crippen LogP) is 0.334. The highest BCUT2D eigenvalue weighted by Gasteiger charge is 2.21. The molecule has 2 heterocycles. The molecule has 0 aromatic carbocycles. The average Bonchev–Trinajstić information content (AvgIpc) is 2.40. The Labute approximate surface area is 114 Å². The van der Waals surface area contributed by atoms with Gasteiger partial charge in [0.1, 0.15) is 0 Å². The number of hydrogen-bond donors (Lipinski definition) is 1. The van der Waals surface area contributed by atoms with E-state index in [1.807, 2.05) is 25.2 Å². The molecule has 0 bridgehead atoms. The summed E-state index contributed by atoms with van der Waals surface area (Å²) in [5.74, 6) is 0.165. The van der Waals surface area contributed by atoms with Gasteiger partial charge in [0, 0.05) is 45.3 Å². The number of pyridine rings is 1. The molecular weight excluding hydrogens is 240 g/mol. The number of rotatable bonds is 4. The Morgan fingerprint density at radius 2 is 2.42 bits per heavy atom. The van der Waals surface area contributed by atoms with E-state index in [2.05, 4.69) is 22.2 Å². The number of nitrogens with zero attached hydrogens (tertiary/aromatic N) is 3. The Morgan fingerprint density at radius 3 is 3.11 bits per heavy atom. The zero-order valence-electron chi connectivity index (χ0n) is 11.7. The van der Waals surface area contributed by atoms with Gasteiger partial charge in [-0.05, 0) is 19.2 Å². The number of piperazine rings is 1.